The lowest BCUT2D eigenvalue weighted by atomic mass is 10.1. The van der Waals surface area contributed by atoms with Crippen LogP contribution in [0.1, 0.15) is 19.8 Å². The Morgan fingerprint density at radius 3 is 2.53 bits per heavy atom. The molecule has 0 bridgehead atoms. The van der Waals surface area contributed by atoms with Crippen LogP contribution in [0.3, 0.4) is 0 Å². The Balaban J connectivity index is 2.78. The molecule has 1 N–H and O–H groups in total. The number of carbonyl (C=O) groups is 1. The van der Waals surface area contributed by atoms with E-state index in [4.69, 9.17) is 9.84 Å². The Bertz CT molecular complexity index is 282. The zero-order valence-corrected chi connectivity index (χ0v) is 9.70. The van der Waals surface area contributed by atoms with Crippen LogP contribution < -0.4 is 0 Å². The summed E-state index contributed by atoms with van der Waals surface area (Å²) in [6.07, 6.45) is -5.30. The van der Waals surface area contributed by atoms with Crippen molar-refractivity contribution in [2.24, 2.45) is 0 Å². The molecule has 3 atom stereocenters. The van der Waals surface area contributed by atoms with Gasteiger partial charge in [-0.25, -0.2) is 0 Å². The summed E-state index contributed by atoms with van der Waals surface area (Å²) < 4.78 is 43.5. The molecule has 1 aliphatic heterocycles. The van der Waals surface area contributed by atoms with Crippen LogP contribution in [0.15, 0.2) is 0 Å². The second-order valence-corrected chi connectivity index (χ2v) is 4.25. The molecule has 1 rings (SSSR count). The molecule has 0 spiro atoms. The number of rotatable bonds is 4. The molecule has 7 heteroatoms. The Morgan fingerprint density at radius 2 is 2.18 bits per heavy atom. The number of halogens is 3. The minimum atomic E-state index is -4.55. The highest BCUT2D eigenvalue weighted by Gasteiger charge is 2.47. The standard InChI is InChI=1S/C10H16F3NO3/c1-6-7(3-4-17-6)14(2)8(5-9(15)16)10(11,12)13/h6-8H,3-5H2,1-2H3,(H,15,16). The van der Waals surface area contributed by atoms with E-state index in [9.17, 15) is 18.0 Å². The lowest BCUT2D eigenvalue weighted by Crippen LogP contribution is -2.51. The number of nitrogens with zero attached hydrogens (tertiary/aromatic N) is 1. The predicted octanol–water partition coefficient (Wildman–Crippen LogP) is 1.50. The minimum absolute atomic E-state index is 0.307. The summed E-state index contributed by atoms with van der Waals surface area (Å²) in [7, 11) is 1.30. The first-order chi connectivity index (χ1) is 7.73. The molecule has 0 saturated carbocycles. The second kappa shape index (κ2) is 5.22. The maximum absolute atomic E-state index is 12.8. The normalized spacial score (nSPS) is 27.4. The number of hydrogen-bond donors (Lipinski definition) is 1. The highest BCUT2D eigenvalue weighted by atomic mass is 19.4. The second-order valence-electron chi connectivity index (χ2n) is 4.25. The van der Waals surface area contributed by atoms with Gasteiger partial charge in [0.2, 0.25) is 0 Å². The van der Waals surface area contributed by atoms with Crippen molar-refractivity contribution in [2.75, 3.05) is 13.7 Å². The number of alkyl halides is 3. The fourth-order valence-corrected chi connectivity index (χ4v) is 2.14. The Kier molecular flexibility index (Phi) is 4.37. The molecule has 100 valence electrons. The van der Waals surface area contributed by atoms with Gasteiger partial charge in [0, 0.05) is 12.6 Å². The molecule has 1 heterocycles. The van der Waals surface area contributed by atoms with Gasteiger partial charge in [0.15, 0.2) is 0 Å². The molecule has 0 aromatic rings. The number of likely N-dealkylation sites (N-methyl/N-ethyl adjacent to an activating group) is 1. The van der Waals surface area contributed by atoms with E-state index in [0.29, 0.717) is 13.0 Å². The van der Waals surface area contributed by atoms with Crippen LogP contribution in [-0.4, -0.2) is 54.0 Å². The van der Waals surface area contributed by atoms with Crippen LogP contribution in [-0.2, 0) is 9.53 Å². The molecular formula is C10H16F3NO3. The van der Waals surface area contributed by atoms with Gasteiger partial charge < -0.3 is 9.84 Å². The summed E-state index contributed by atoms with van der Waals surface area (Å²) in [4.78, 5) is 11.6. The molecule has 0 aromatic carbocycles. The third kappa shape index (κ3) is 3.57. The number of carboxylic acids is 1. The van der Waals surface area contributed by atoms with Crippen molar-refractivity contribution in [3.05, 3.63) is 0 Å². The van der Waals surface area contributed by atoms with E-state index < -0.39 is 24.6 Å². The lowest BCUT2D eigenvalue weighted by molar-refractivity contribution is -0.193. The molecule has 1 aliphatic rings. The van der Waals surface area contributed by atoms with Gasteiger partial charge in [-0.2, -0.15) is 13.2 Å². The number of carboxylic acid groups (broad SMARTS) is 1. The Morgan fingerprint density at radius 1 is 1.59 bits per heavy atom. The molecule has 0 radical (unpaired) electrons. The lowest BCUT2D eigenvalue weighted by Gasteiger charge is -2.34. The van der Waals surface area contributed by atoms with Crippen LogP contribution in [0.2, 0.25) is 0 Å². The molecule has 0 amide bonds. The first-order valence-electron chi connectivity index (χ1n) is 5.35. The molecule has 1 fully saturated rings. The van der Waals surface area contributed by atoms with Crippen molar-refractivity contribution in [3.8, 4) is 0 Å². The van der Waals surface area contributed by atoms with Crippen molar-refractivity contribution < 1.29 is 27.8 Å². The van der Waals surface area contributed by atoms with Gasteiger partial charge >= 0.3 is 12.1 Å². The third-order valence-corrected chi connectivity index (χ3v) is 3.10. The fraction of sp³-hybridized carbons (Fsp3) is 0.900. The topological polar surface area (TPSA) is 49.8 Å². The SMILES string of the molecule is CC1OCCC1N(C)C(CC(=O)O)C(F)(F)F. The summed E-state index contributed by atoms with van der Waals surface area (Å²) in [5.41, 5.74) is 0. The largest absolute Gasteiger partial charge is 0.481 e. The predicted molar refractivity (Wildman–Crippen MR) is 53.7 cm³/mol. The summed E-state index contributed by atoms with van der Waals surface area (Å²) in [6, 6.07) is -2.35. The van der Waals surface area contributed by atoms with Gasteiger partial charge in [-0.15, -0.1) is 0 Å². The number of aliphatic carboxylic acids is 1. The van der Waals surface area contributed by atoms with Crippen molar-refractivity contribution in [1.82, 2.24) is 4.90 Å². The third-order valence-electron chi connectivity index (χ3n) is 3.10. The Hall–Kier alpha value is -0.820. The van der Waals surface area contributed by atoms with Crippen LogP contribution in [0, 0.1) is 0 Å². The van der Waals surface area contributed by atoms with Gasteiger partial charge in [-0.3, -0.25) is 9.69 Å². The van der Waals surface area contributed by atoms with Crippen molar-refractivity contribution in [1.29, 1.82) is 0 Å². The van der Waals surface area contributed by atoms with E-state index in [0.717, 1.165) is 4.90 Å². The number of hydrogen-bond acceptors (Lipinski definition) is 3. The minimum Gasteiger partial charge on any atom is -0.481 e. The number of ether oxygens (including phenoxy) is 1. The van der Waals surface area contributed by atoms with E-state index in [1.54, 1.807) is 6.92 Å². The van der Waals surface area contributed by atoms with E-state index in [2.05, 4.69) is 0 Å². The van der Waals surface area contributed by atoms with Crippen LogP contribution in [0.25, 0.3) is 0 Å². The van der Waals surface area contributed by atoms with E-state index in [1.165, 1.54) is 7.05 Å². The molecule has 0 aromatic heterocycles. The van der Waals surface area contributed by atoms with Crippen LogP contribution in [0.5, 0.6) is 0 Å². The molecule has 1 saturated heterocycles. The van der Waals surface area contributed by atoms with Crippen LogP contribution >= 0.6 is 0 Å². The molecule has 3 unspecified atom stereocenters. The average Bonchev–Trinajstić information content (AvgIpc) is 2.58. The monoisotopic (exact) mass is 255 g/mol. The highest BCUT2D eigenvalue weighted by molar-refractivity contribution is 5.67. The average molecular weight is 255 g/mol. The zero-order chi connectivity index (χ0) is 13.2. The van der Waals surface area contributed by atoms with E-state index >= 15 is 0 Å². The van der Waals surface area contributed by atoms with E-state index in [1.807, 2.05) is 0 Å². The van der Waals surface area contributed by atoms with Crippen LogP contribution in [0.4, 0.5) is 13.2 Å². The molecule has 0 aliphatic carbocycles. The first-order valence-corrected chi connectivity index (χ1v) is 5.35. The highest BCUT2D eigenvalue weighted by Crippen LogP contribution is 2.31. The summed E-state index contributed by atoms with van der Waals surface area (Å²) in [5.74, 6) is -1.45. The maximum Gasteiger partial charge on any atom is 0.404 e. The van der Waals surface area contributed by atoms with Crippen molar-refractivity contribution >= 4 is 5.97 Å². The summed E-state index contributed by atoms with van der Waals surface area (Å²) in [6.45, 7) is 2.11. The van der Waals surface area contributed by atoms with Gasteiger partial charge in [-0.1, -0.05) is 0 Å². The maximum atomic E-state index is 12.8. The molecule has 17 heavy (non-hydrogen) atoms. The summed E-state index contributed by atoms with van der Waals surface area (Å²) in [5, 5.41) is 8.55. The van der Waals surface area contributed by atoms with Gasteiger partial charge in [-0.05, 0) is 20.4 Å². The Labute approximate surface area is 97.3 Å². The quantitative estimate of drug-likeness (QED) is 0.827. The van der Waals surface area contributed by atoms with Crippen molar-refractivity contribution in [3.63, 3.8) is 0 Å². The van der Waals surface area contributed by atoms with Gasteiger partial charge in [0.25, 0.3) is 0 Å². The van der Waals surface area contributed by atoms with Gasteiger partial charge in [0.05, 0.1) is 12.5 Å². The van der Waals surface area contributed by atoms with Crippen molar-refractivity contribution in [2.45, 2.75) is 44.1 Å². The molecular weight excluding hydrogens is 239 g/mol. The first kappa shape index (κ1) is 14.2. The van der Waals surface area contributed by atoms with E-state index in [-0.39, 0.29) is 12.1 Å². The zero-order valence-electron chi connectivity index (χ0n) is 9.70. The smallest absolute Gasteiger partial charge is 0.404 e. The van der Waals surface area contributed by atoms with Gasteiger partial charge in [0.1, 0.15) is 6.04 Å². The molecule has 4 nitrogen and oxygen atoms in total. The fourth-order valence-electron chi connectivity index (χ4n) is 2.14. The summed E-state index contributed by atoms with van der Waals surface area (Å²) >= 11 is 0.